The van der Waals surface area contributed by atoms with E-state index in [4.69, 9.17) is 9.15 Å². The second-order valence-corrected chi connectivity index (χ2v) is 6.58. The summed E-state index contributed by atoms with van der Waals surface area (Å²) in [5.74, 6) is 0.677. The number of aromatic nitrogens is 2. The van der Waals surface area contributed by atoms with E-state index in [1.54, 1.807) is 27.0 Å². The fraction of sp³-hybridized carbons (Fsp3) is 0.368. The Hall–Kier alpha value is -3.16. The molecule has 1 unspecified atom stereocenters. The van der Waals surface area contributed by atoms with Crippen LogP contribution in [0.4, 0.5) is 0 Å². The standard InChI is InChI=1S/C19H21N3O5/c1-10-6-14(17-11(2)12(3)19(24)27-15(17)7-10)26-13(4)18(23)22(5)8-16-20-9-25-21-16/h6-7,9,13H,8H2,1-5H3. The molecule has 2 aromatic heterocycles. The van der Waals surface area contributed by atoms with Crippen molar-refractivity contribution in [3.8, 4) is 5.75 Å². The average molecular weight is 371 g/mol. The van der Waals surface area contributed by atoms with Crippen LogP contribution >= 0.6 is 0 Å². The van der Waals surface area contributed by atoms with Crippen molar-refractivity contribution >= 4 is 16.9 Å². The Bertz CT molecular complexity index is 1040. The number of carbonyl (C=O) groups is 1. The summed E-state index contributed by atoms with van der Waals surface area (Å²) in [6.07, 6.45) is 0.462. The Balaban J connectivity index is 1.90. The van der Waals surface area contributed by atoms with Crippen LogP contribution in [0.2, 0.25) is 0 Å². The number of hydrogen-bond donors (Lipinski definition) is 0. The summed E-state index contributed by atoms with van der Waals surface area (Å²) < 4.78 is 16.0. The first kappa shape index (κ1) is 18.6. The maximum atomic E-state index is 12.6. The van der Waals surface area contributed by atoms with Crippen LogP contribution in [0.1, 0.15) is 29.4 Å². The number of amides is 1. The van der Waals surface area contributed by atoms with Crippen molar-refractivity contribution in [2.24, 2.45) is 0 Å². The minimum Gasteiger partial charge on any atom is -0.480 e. The highest BCUT2D eigenvalue weighted by Crippen LogP contribution is 2.31. The summed E-state index contributed by atoms with van der Waals surface area (Å²) in [7, 11) is 1.64. The van der Waals surface area contributed by atoms with Crippen LogP contribution in [0, 0.1) is 20.8 Å². The first-order chi connectivity index (χ1) is 12.8. The van der Waals surface area contributed by atoms with Crippen molar-refractivity contribution in [2.75, 3.05) is 7.05 Å². The molecule has 1 atom stereocenters. The van der Waals surface area contributed by atoms with E-state index in [0.717, 1.165) is 11.1 Å². The Kier molecular flexibility index (Phi) is 4.98. The van der Waals surface area contributed by atoms with Gasteiger partial charge in [0.05, 0.1) is 11.9 Å². The van der Waals surface area contributed by atoms with E-state index < -0.39 is 6.10 Å². The molecule has 8 heteroatoms. The molecule has 0 aliphatic rings. The molecule has 0 N–H and O–H groups in total. The van der Waals surface area contributed by atoms with Gasteiger partial charge in [-0.25, -0.2) is 4.79 Å². The van der Waals surface area contributed by atoms with E-state index in [9.17, 15) is 9.59 Å². The zero-order valence-electron chi connectivity index (χ0n) is 15.9. The molecule has 3 aromatic rings. The lowest BCUT2D eigenvalue weighted by Gasteiger charge is -2.22. The van der Waals surface area contributed by atoms with E-state index in [2.05, 4.69) is 14.7 Å². The van der Waals surface area contributed by atoms with Crippen molar-refractivity contribution in [1.29, 1.82) is 0 Å². The highest BCUT2D eigenvalue weighted by molar-refractivity contribution is 5.89. The van der Waals surface area contributed by atoms with Gasteiger partial charge in [-0.3, -0.25) is 4.79 Å². The Morgan fingerprint density at radius 3 is 2.67 bits per heavy atom. The van der Waals surface area contributed by atoms with Crippen LogP contribution < -0.4 is 10.4 Å². The van der Waals surface area contributed by atoms with Gasteiger partial charge in [0.25, 0.3) is 5.91 Å². The SMILES string of the molecule is Cc1cc(OC(C)C(=O)N(C)Cc2ncon2)c2c(C)c(C)c(=O)oc2c1. The number of benzene rings is 1. The minimum absolute atomic E-state index is 0.213. The third-order valence-corrected chi connectivity index (χ3v) is 4.47. The van der Waals surface area contributed by atoms with Crippen LogP contribution in [0.15, 0.2) is 32.3 Å². The lowest BCUT2D eigenvalue weighted by Crippen LogP contribution is -2.37. The molecule has 0 saturated heterocycles. The van der Waals surface area contributed by atoms with E-state index in [1.165, 1.54) is 11.3 Å². The maximum absolute atomic E-state index is 12.6. The molecule has 2 heterocycles. The number of nitrogens with zero attached hydrogens (tertiary/aromatic N) is 3. The van der Waals surface area contributed by atoms with Gasteiger partial charge in [0, 0.05) is 12.6 Å². The number of carbonyl (C=O) groups excluding carboxylic acids is 1. The smallest absolute Gasteiger partial charge is 0.339 e. The molecule has 27 heavy (non-hydrogen) atoms. The molecule has 0 aliphatic carbocycles. The van der Waals surface area contributed by atoms with Crippen molar-refractivity contribution < 1.29 is 18.5 Å². The monoisotopic (exact) mass is 371 g/mol. The molecule has 0 fully saturated rings. The summed E-state index contributed by atoms with van der Waals surface area (Å²) in [6.45, 7) is 7.30. The van der Waals surface area contributed by atoms with Crippen LogP contribution in [0.3, 0.4) is 0 Å². The molecule has 3 rings (SSSR count). The first-order valence-electron chi connectivity index (χ1n) is 8.49. The van der Waals surface area contributed by atoms with E-state index in [0.29, 0.717) is 28.1 Å². The zero-order valence-corrected chi connectivity index (χ0v) is 15.9. The van der Waals surface area contributed by atoms with Gasteiger partial charge >= 0.3 is 5.63 Å². The zero-order chi connectivity index (χ0) is 19.7. The third-order valence-electron chi connectivity index (χ3n) is 4.47. The van der Waals surface area contributed by atoms with Crippen LogP contribution in [0.5, 0.6) is 5.75 Å². The number of ether oxygens (including phenoxy) is 1. The molecule has 0 aliphatic heterocycles. The number of hydrogen-bond acceptors (Lipinski definition) is 7. The molecule has 1 aromatic carbocycles. The van der Waals surface area contributed by atoms with Gasteiger partial charge in [-0.2, -0.15) is 4.98 Å². The summed E-state index contributed by atoms with van der Waals surface area (Å²) in [5.41, 5.74) is 2.22. The van der Waals surface area contributed by atoms with Gasteiger partial charge in [-0.15, -0.1) is 0 Å². The summed E-state index contributed by atoms with van der Waals surface area (Å²) in [4.78, 5) is 30.0. The number of rotatable bonds is 5. The van der Waals surface area contributed by atoms with Gasteiger partial charge in [-0.05, 0) is 51.0 Å². The molecular formula is C19H21N3O5. The van der Waals surface area contributed by atoms with E-state index in [1.807, 2.05) is 19.9 Å². The van der Waals surface area contributed by atoms with Crippen molar-refractivity contribution in [3.63, 3.8) is 0 Å². The highest BCUT2D eigenvalue weighted by Gasteiger charge is 2.22. The van der Waals surface area contributed by atoms with Crippen LogP contribution in [-0.4, -0.2) is 34.1 Å². The predicted octanol–water partition coefficient (Wildman–Crippen LogP) is 2.53. The normalized spacial score (nSPS) is 12.2. The third kappa shape index (κ3) is 3.69. The van der Waals surface area contributed by atoms with Crippen molar-refractivity contribution in [3.05, 3.63) is 51.5 Å². The number of fused-ring (bicyclic) bond motifs is 1. The summed E-state index contributed by atoms with van der Waals surface area (Å²) in [6, 6.07) is 3.61. The molecule has 0 bridgehead atoms. The quantitative estimate of drug-likeness (QED) is 0.636. The van der Waals surface area contributed by atoms with Gasteiger partial charge in [0.15, 0.2) is 11.9 Å². The lowest BCUT2D eigenvalue weighted by molar-refractivity contribution is -0.137. The van der Waals surface area contributed by atoms with E-state index in [-0.39, 0.29) is 18.1 Å². The van der Waals surface area contributed by atoms with E-state index >= 15 is 0 Å². The molecule has 142 valence electrons. The Morgan fingerprint density at radius 2 is 2.00 bits per heavy atom. The highest BCUT2D eigenvalue weighted by atomic mass is 16.5. The Morgan fingerprint density at radius 1 is 1.26 bits per heavy atom. The maximum Gasteiger partial charge on any atom is 0.339 e. The molecule has 0 radical (unpaired) electrons. The van der Waals surface area contributed by atoms with Gasteiger partial charge in [0.1, 0.15) is 11.3 Å². The summed E-state index contributed by atoms with van der Waals surface area (Å²) in [5, 5.41) is 4.39. The first-order valence-corrected chi connectivity index (χ1v) is 8.49. The second-order valence-electron chi connectivity index (χ2n) is 6.58. The second kappa shape index (κ2) is 7.22. The molecule has 1 amide bonds. The summed E-state index contributed by atoms with van der Waals surface area (Å²) >= 11 is 0. The number of aryl methyl sites for hydroxylation is 2. The average Bonchev–Trinajstić information content (AvgIpc) is 3.11. The van der Waals surface area contributed by atoms with Crippen molar-refractivity contribution in [1.82, 2.24) is 15.0 Å². The molecule has 0 saturated carbocycles. The molecule has 8 nitrogen and oxygen atoms in total. The number of likely N-dealkylation sites (N-methyl/N-ethyl adjacent to an activating group) is 1. The van der Waals surface area contributed by atoms with Gasteiger partial charge in [-0.1, -0.05) is 5.16 Å². The lowest BCUT2D eigenvalue weighted by atomic mass is 10.0. The minimum atomic E-state index is -0.751. The fourth-order valence-electron chi connectivity index (χ4n) is 2.88. The largest absolute Gasteiger partial charge is 0.480 e. The van der Waals surface area contributed by atoms with Crippen molar-refractivity contribution in [2.45, 2.75) is 40.3 Å². The Labute approximate surface area is 155 Å². The molecular weight excluding hydrogens is 350 g/mol. The topological polar surface area (TPSA) is 98.7 Å². The van der Waals surface area contributed by atoms with Gasteiger partial charge < -0.3 is 18.6 Å². The van der Waals surface area contributed by atoms with Crippen LogP contribution in [-0.2, 0) is 11.3 Å². The van der Waals surface area contributed by atoms with Crippen LogP contribution in [0.25, 0.3) is 11.0 Å². The van der Waals surface area contributed by atoms with Gasteiger partial charge in [0.2, 0.25) is 6.39 Å². The fourth-order valence-corrected chi connectivity index (χ4v) is 2.88. The predicted molar refractivity (Wildman–Crippen MR) is 97.6 cm³/mol. The molecule has 0 spiro atoms.